The molecule has 0 unspecified atom stereocenters. The molecule has 5 aliphatic heterocycles. The van der Waals surface area contributed by atoms with Gasteiger partial charge < -0.3 is 103 Å². The van der Waals surface area contributed by atoms with E-state index in [4.69, 9.17) is 106 Å². The normalized spacial score (nSPS) is 34.4. The van der Waals surface area contributed by atoms with Crippen LogP contribution in [0.3, 0.4) is 0 Å². The fraction of sp³-hybridized carbons (Fsp3) is 0.968. The average molecular weight is 1630 g/mol. The third-order valence-corrected chi connectivity index (χ3v) is 27.0. The summed E-state index contributed by atoms with van der Waals surface area (Å²) >= 11 is 12.8. The summed E-state index contributed by atoms with van der Waals surface area (Å²) in [6.45, 7) is 79.4. The first kappa shape index (κ1) is 89.9. The van der Waals surface area contributed by atoms with Crippen LogP contribution in [-0.4, -0.2) is 259 Å². The highest BCUT2D eigenvalue weighted by Gasteiger charge is 2.60. The highest BCUT2D eigenvalue weighted by molar-refractivity contribution is 7.80. The van der Waals surface area contributed by atoms with Crippen molar-refractivity contribution in [3.8, 4) is 0 Å². The molecule has 0 saturated carbocycles. The van der Waals surface area contributed by atoms with Crippen LogP contribution in [0.1, 0.15) is 0 Å². The van der Waals surface area contributed by atoms with Crippen molar-refractivity contribution in [2.45, 2.75) is 359 Å². The molecule has 5 aliphatic rings. The van der Waals surface area contributed by atoms with Crippen molar-refractivity contribution in [3.05, 3.63) is 0 Å². The van der Waals surface area contributed by atoms with E-state index in [9.17, 15) is 0 Å². The second-order valence-corrected chi connectivity index (χ2v) is 93.3. The number of nitrogens with one attached hydrogen (secondary N) is 4. The fourth-order valence-electron chi connectivity index (χ4n) is 12.3. The molecule has 4 N–H and O–H groups in total. The first-order valence-corrected chi connectivity index (χ1v) is 77.6. The van der Waals surface area contributed by atoms with Crippen molar-refractivity contribution < 1.29 is 81.5 Å². The largest absolute Gasteiger partial charge is 0.409 e. The van der Waals surface area contributed by atoms with Crippen LogP contribution in [0.15, 0.2) is 0 Å². The Bertz CT molecular complexity index is 2210. The molecule has 0 aromatic rings. The number of thiocarbonyl (C=S) groups is 2. The molecule has 98 heavy (non-hydrogen) atoms. The van der Waals surface area contributed by atoms with Crippen molar-refractivity contribution in [1.82, 2.24) is 21.3 Å². The lowest BCUT2D eigenvalue weighted by molar-refractivity contribution is -0.364. The van der Waals surface area contributed by atoms with E-state index >= 15 is 0 Å². The maximum absolute atomic E-state index is 7.59. The molecule has 0 amide bonds. The third-order valence-electron chi connectivity index (χ3n) is 14.6. The van der Waals surface area contributed by atoms with Gasteiger partial charge in [-0.25, -0.2) is 0 Å². The van der Waals surface area contributed by atoms with Gasteiger partial charge in [-0.2, -0.15) is 0 Å². The highest BCUT2D eigenvalue weighted by atomic mass is 32.1. The summed E-state index contributed by atoms with van der Waals surface area (Å²) in [5, 5.41) is 15.1. The molecule has 0 aromatic carbocycles. The smallest absolute Gasteiger partial charge is 0.188 e. The molecule has 5 rings (SSSR count). The van der Waals surface area contributed by atoms with Gasteiger partial charge in [0.1, 0.15) is 97.7 Å². The van der Waals surface area contributed by atoms with Crippen molar-refractivity contribution in [3.63, 3.8) is 0 Å². The topological polar surface area (TPSA) is 214 Å². The maximum atomic E-state index is 7.59. The molecular formula is C62H140N4O18S2Si12. The standard InChI is InChI=1S/C62H140N4O18S2Si12/c1-87(2,3)73-45-41-37-63-61(85)64-38-42-46(74-88(4,5)6)51(79-93(19,20)21)55(83-97(31,32)33)59(69-42)72-60-56(84-98(34,35)36)52(80-94(22,23)24)48(76-90(10,11)12)44(70-60)40-66-62(86)65-39-43-47(75-89(7,8)9)50(78-92(16,17)18)54(82-96(28,29)30)58(68-43)71-57(67-41)53(81-95(25,26)27)49(45)77-91(13,14)15/h41-60H,37-40H2,1-36H3,(H2,63,64,85)(H2,65,66,86)/t41-,42-,43-,44-,45-,46-,47-,48-,49+,50+,51+,52+,53-,54-,55-,56-,57-,58-,59-,60-/m1/s1. The molecule has 8 bridgehead atoms. The van der Waals surface area contributed by atoms with Crippen LogP contribution >= 0.6 is 24.4 Å². The number of hydrogen-bond acceptors (Lipinski definition) is 20. The van der Waals surface area contributed by atoms with Crippen molar-refractivity contribution in [2.24, 2.45) is 0 Å². The van der Waals surface area contributed by atoms with Crippen LogP contribution in [0.4, 0.5) is 0 Å². The summed E-state index contributed by atoms with van der Waals surface area (Å²) in [5.41, 5.74) is 0. The van der Waals surface area contributed by atoms with Crippen LogP contribution in [0, 0.1) is 0 Å². The lowest BCUT2D eigenvalue weighted by atomic mass is 9.97. The molecule has 576 valence electrons. The summed E-state index contributed by atoms with van der Waals surface area (Å²) in [6, 6.07) is 0. The van der Waals surface area contributed by atoms with E-state index in [2.05, 4.69) is 257 Å². The van der Waals surface area contributed by atoms with Gasteiger partial charge >= 0.3 is 0 Å². The zero-order valence-electron chi connectivity index (χ0n) is 67.5. The van der Waals surface area contributed by atoms with Crippen LogP contribution in [-0.2, 0) is 81.5 Å². The minimum absolute atomic E-state index is 0.193. The lowest BCUT2D eigenvalue weighted by Crippen LogP contribution is -2.71. The van der Waals surface area contributed by atoms with E-state index in [0.717, 1.165) is 0 Å². The monoisotopic (exact) mass is 1630 g/mol. The van der Waals surface area contributed by atoms with E-state index in [-0.39, 0.29) is 26.2 Å². The maximum Gasteiger partial charge on any atom is 0.188 e. The van der Waals surface area contributed by atoms with Crippen LogP contribution in [0.5, 0.6) is 0 Å². The molecule has 5 heterocycles. The minimum Gasteiger partial charge on any atom is -0.409 e. The lowest BCUT2D eigenvalue weighted by Gasteiger charge is -2.54. The third kappa shape index (κ3) is 31.5. The van der Waals surface area contributed by atoms with Gasteiger partial charge in [0.2, 0.25) is 0 Å². The minimum atomic E-state index is -2.46. The predicted molar refractivity (Wildman–Crippen MR) is 433 cm³/mol. The summed E-state index contributed by atoms with van der Waals surface area (Å²) in [5.74, 6) is 0. The number of rotatable bonds is 24. The Balaban J connectivity index is 1.85. The van der Waals surface area contributed by atoms with Gasteiger partial charge in [-0.15, -0.1) is 0 Å². The molecule has 20 atom stereocenters. The Hall–Kier alpha value is 1.26. The van der Waals surface area contributed by atoms with E-state index in [1.807, 2.05) is 0 Å². The van der Waals surface area contributed by atoms with Crippen molar-refractivity contribution in [2.75, 3.05) is 26.2 Å². The predicted octanol–water partition coefficient (Wildman–Crippen LogP) is 12.5. The second-order valence-electron chi connectivity index (χ2n) is 39.0. The summed E-state index contributed by atoms with van der Waals surface area (Å²) in [4.78, 5) is 0. The van der Waals surface area contributed by atoms with E-state index in [1.165, 1.54) is 0 Å². The summed E-state index contributed by atoms with van der Waals surface area (Å²) < 4.78 is 134. The van der Waals surface area contributed by atoms with E-state index in [1.54, 1.807) is 0 Å². The Morgan fingerprint density at radius 1 is 0.204 bits per heavy atom. The molecule has 5 fully saturated rings. The van der Waals surface area contributed by atoms with Crippen LogP contribution < -0.4 is 21.3 Å². The molecule has 5 saturated heterocycles. The van der Waals surface area contributed by atoms with Gasteiger partial charge in [-0.3, -0.25) is 0 Å². The van der Waals surface area contributed by atoms with E-state index in [0.29, 0.717) is 10.2 Å². The zero-order chi connectivity index (χ0) is 75.1. The molecule has 0 spiro atoms. The summed E-state index contributed by atoms with van der Waals surface area (Å²) in [7, 11) is -29.0. The Morgan fingerprint density at radius 2 is 0.327 bits per heavy atom. The van der Waals surface area contributed by atoms with Gasteiger partial charge in [0.05, 0.1) is 0 Å². The number of fused-ring (bicyclic) bond motifs is 8. The van der Waals surface area contributed by atoms with E-state index < -0.39 is 223 Å². The molecule has 22 nitrogen and oxygen atoms in total. The van der Waals surface area contributed by atoms with Crippen molar-refractivity contribution >= 4 is 134 Å². The van der Waals surface area contributed by atoms with Crippen molar-refractivity contribution in [1.29, 1.82) is 0 Å². The second kappa shape index (κ2) is 34.0. The van der Waals surface area contributed by atoms with Gasteiger partial charge in [0.15, 0.2) is 135 Å². The molecule has 36 heteroatoms. The van der Waals surface area contributed by atoms with Gasteiger partial charge in [0.25, 0.3) is 0 Å². The average Bonchev–Trinajstić information content (AvgIpc) is 0.768. The zero-order valence-corrected chi connectivity index (χ0v) is 81.2. The van der Waals surface area contributed by atoms with Gasteiger partial charge in [-0.1, -0.05) is 0 Å². The number of hydrogen-bond donors (Lipinski definition) is 4. The Morgan fingerprint density at radius 3 is 0.459 bits per heavy atom. The van der Waals surface area contributed by atoms with Crippen LogP contribution in [0.25, 0.3) is 0 Å². The number of ether oxygens (including phenoxy) is 6. The Kier molecular flexibility index (Phi) is 31.2. The molecule has 0 aromatic heterocycles. The molecule has 0 radical (unpaired) electrons. The van der Waals surface area contributed by atoms with Gasteiger partial charge in [0, 0.05) is 26.2 Å². The van der Waals surface area contributed by atoms with Crippen LogP contribution in [0.2, 0.25) is 236 Å². The quantitative estimate of drug-likeness (QED) is 0.0522. The Labute approximate surface area is 617 Å². The molecular weight excluding hydrogens is 1490 g/mol. The highest BCUT2D eigenvalue weighted by Crippen LogP contribution is 2.42. The summed E-state index contributed by atoms with van der Waals surface area (Å²) in [6.07, 6.45) is -15.2. The molecule has 0 aliphatic carbocycles. The van der Waals surface area contributed by atoms with Gasteiger partial charge in [-0.05, 0) is 260 Å². The first-order chi connectivity index (χ1) is 43.8. The fourth-order valence-corrected chi connectivity index (χ4v) is 25.6. The first-order valence-electron chi connectivity index (χ1n) is 35.9. The SMILES string of the molecule is C[Si](C)(C)O[C@@H]1[C@@H](O[Si](C)(C)C)[C@H]2O[C@H]3O[C@H](CNC(=S)NC[C@H]4O[C@H](O[C@H]5O[C@H](CNC(=S)NC[C@@H](O2)[C@H]1O[Si](C)(C)C)[C@@H](O[Si](C)(C)C)[C@H](O[Si](C)(C)C)[C@H]5O[Si](C)(C)C)[C@H](O[Si](C)(C)C)[C@@H](O[Si](C)(C)C)[C@@H]4O[Si](C)(C)C)[C@@H](O[Si](C)(C)C)[C@H](O[Si](C)(C)C)[C@H]3O[Si](C)(C)C.